The number of aryl methyl sites for hydroxylation is 2. The van der Waals surface area contributed by atoms with Gasteiger partial charge in [-0.25, -0.2) is 0 Å². The van der Waals surface area contributed by atoms with E-state index < -0.39 is 0 Å². The van der Waals surface area contributed by atoms with E-state index in [4.69, 9.17) is 4.74 Å². The molecule has 1 aromatic rings. The fourth-order valence-corrected chi connectivity index (χ4v) is 2.39. The van der Waals surface area contributed by atoms with Crippen molar-refractivity contribution in [2.45, 2.75) is 27.2 Å². The Morgan fingerprint density at radius 3 is 2.42 bits per heavy atom. The molecule has 0 radical (unpaired) electrons. The Bertz CT molecular complexity index is 393. The predicted octanol–water partition coefficient (Wildman–Crippen LogP) is 3.27. The van der Waals surface area contributed by atoms with Gasteiger partial charge in [-0.3, -0.25) is 0 Å². The van der Waals surface area contributed by atoms with Gasteiger partial charge in [0.25, 0.3) is 0 Å². The molecule has 0 heterocycles. The lowest BCUT2D eigenvalue weighted by molar-refractivity contribution is 0.196. The van der Waals surface area contributed by atoms with Crippen LogP contribution in [-0.4, -0.2) is 26.8 Å². The normalized spacial score (nSPS) is 14.1. The van der Waals surface area contributed by atoms with Crippen molar-refractivity contribution in [2.75, 3.05) is 26.8 Å². The van der Waals surface area contributed by atoms with Crippen LogP contribution in [0.1, 0.15) is 23.6 Å². The van der Waals surface area contributed by atoms with Gasteiger partial charge >= 0.3 is 0 Å². The Morgan fingerprint density at radius 1 is 1.26 bits per heavy atom. The van der Waals surface area contributed by atoms with Crippen LogP contribution in [0.5, 0.6) is 0 Å². The first-order valence-corrected chi connectivity index (χ1v) is 6.89. The second-order valence-corrected chi connectivity index (χ2v) is 5.70. The van der Waals surface area contributed by atoms with Gasteiger partial charge in [-0.2, -0.15) is 0 Å². The van der Waals surface area contributed by atoms with Crippen LogP contribution in [0.4, 0.5) is 0 Å². The average Bonchev–Trinajstić information content (AvgIpc) is 2.33. The summed E-state index contributed by atoms with van der Waals surface area (Å²) >= 11 is 0. The fourth-order valence-electron chi connectivity index (χ4n) is 2.39. The lowest BCUT2D eigenvalue weighted by Crippen LogP contribution is -2.33. The highest BCUT2D eigenvalue weighted by molar-refractivity contribution is 5.29. The number of hydrogen-bond donors (Lipinski definition) is 1. The molecule has 2 nitrogen and oxygen atoms in total. The van der Waals surface area contributed by atoms with Crippen LogP contribution in [0.25, 0.3) is 0 Å². The van der Waals surface area contributed by atoms with Gasteiger partial charge in [0.1, 0.15) is 0 Å². The van der Waals surface area contributed by atoms with Crippen LogP contribution in [0.3, 0.4) is 0 Å². The molecule has 0 amide bonds. The summed E-state index contributed by atoms with van der Waals surface area (Å²) in [5.74, 6) is 0. The minimum Gasteiger partial charge on any atom is -0.383 e. The van der Waals surface area contributed by atoms with Crippen LogP contribution >= 0.6 is 0 Å². The van der Waals surface area contributed by atoms with E-state index in [1.54, 1.807) is 7.11 Å². The zero-order valence-corrected chi connectivity index (χ0v) is 12.8. The minimum absolute atomic E-state index is 0.0774. The smallest absolute Gasteiger partial charge is 0.0587 e. The molecule has 1 aromatic carbocycles. The maximum atomic E-state index is 5.05. The number of nitrogens with one attached hydrogen (secondary N) is 1. The van der Waals surface area contributed by atoms with Gasteiger partial charge in [-0.15, -0.1) is 6.58 Å². The van der Waals surface area contributed by atoms with Gasteiger partial charge in [0.15, 0.2) is 0 Å². The number of ether oxygens (including phenoxy) is 1. The molecular formula is C17H27NO. The van der Waals surface area contributed by atoms with Crippen LogP contribution in [-0.2, 0) is 11.2 Å². The first-order valence-electron chi connectivity index (χ1n) is 6.89. The standard InChI is InChI=1S/C17H27NO/c1-6-17(4,13-18-7-8-19-5)12-16-10-14(2)9-15(3)11-16/h6,9-11,18H,1,7-8,12-13H2,2-5H3. The first-order chi connectivity index (χ1) is 8.99. The molecule has 0 bridgehead atoms. The third-order valence-corrected chi connectivity index (χ3v) is 3.39. The topological polar surface area (TPSA) is 21.3 Å². The van der Waals surface area contributed by atoms with Crippen LogP contribution < -0.4 is 5.32 Å². The van der Waals surface area contributed by atoms with E-state index in [1.807, 2.05) is 0 Å². The molecular weight excluding hydrogens is 234 g/mol. The lowest BCUT2D eigenvalue weighted by Gasteiger charge is -2.26. The van der Waals surface area contributed by atoms with E-state index in [0.29, 0.717) is 0 Å². The van der Waals surface area contributed by atoms with Crippen molar-refractivity contribution in [1.29, 1.82) is 0 Å². The molecule has 1 atom stereocenters. The molecule has 106 valence electrons. The predicted molar refractivity (Wildman–Crippen MR) is 82.7 cm³/mol. The summed E-state index contributed by atoms with van der Waals surface area (Å²) < 4.78 is 5.05. The van der Waals surface area contributed by atoms with Crippen molar-refractivity contribution in [3.63, 3.8) is 0 Å². The Kier molecular flexibility index (Phi) is 6.26. The molecule has 0 fully saturated rings. The van der Waals surface area contributed by atoms with Crippen LogP contribution in [0.15, 0.2) is 30.9 Å². The summed E-state index contributed by atoms with van der Waals surface area (Å²) in [6.07, 6.45) is 3.07. The quantitative estimate of drug-likeness (QED) is 0.573. The maximum Gasteiger partial charge on any atom is 0.0587 e. The van der Waals surface area contributed by atoms with E-state index in [0.717, 1.165) is 26.1 Å². The van der Waals surface area contributed by atoms with E-state index in [-0.39, 0.29) is 5.41 Å². The largest absolute Gasteiger partial charge is 0.383 e. The SMILES string of the molecule is C=CC(C)(CNCCOC)Cc1cc(C)cc(C)c1. The number of methoxy groups -OCH3 is 1. The monoisotopic (exact) mass is 261 g/mol. The summed E-state index contributed by atoms with van der Waals surface area (Å²) in [7, 11) is 1.73. The molecule has 2 heteroatoms. The first kappa shape index (κ1) is 15.9. The molecule has 1 N–H and O–H groups in total. The van der Waals surface area contributed by atoms with Gasteiger partial charge in [-0.1, -0.05) is 42.3 Å². The highest BCUT2D eigenvalue weighted by Gasteiger charge is 2.20. The molecule has 0 spiro atoms. The molecule has 0 aromatic heterocycles. The van der Waals surface area contributed by atoms with Gasteiger partial charge in [-0.05, 0) is 25.8 Å². The number of benzene rings is 1. The van der Waals surface area contributed by atoms with Crippen molar-refractivity contribution >= 4 is 0 Å². The average molecular weight is 261 g/mol. The molecule has 1 rings (SSSR count). The highest BCUT2D eigenvalue weighted by atomic mass is 16.5. The minimum atomic E-state index is 0.0774. The summed E-state index contributed by atoms with van der Waals surface area (Å²) in [5, 5.41) is 3.43. The molecule has 0 aliphatic carbocycles. The zero-order valence-electron chi connectivity index (χ0n) is 12.8. The maximum absolute atomic E-state index is 5.05. The molecule has 1 unspecified atom stereocenters. The Balaban J connectivity index is 2.65. The van der Waals surface area contributed by atoms with Gasteiger partial charge in [0, 0.05) is 25.6 Å². The van der Waals surface area contributed by atoms with Crippen molar-refractivity contribution < 1.29 is 4.74 Å². The molecule has 0 saturated heterocycles. The van der Waals surface area contributed by atoms with E-state index in [9.17, 15) is 0 Å². The summed E-state index contributed by atoms with van der Waals surface area (Å²) in [6, 6.07) is 6.75. The molecule has 0 aliphatic rings. The van der Waals surface area contributed by atoms with Gasteiger partial charge < -0.3 is 10.1 Å². The molecule has 0 aliphatic heterocycles. The third-order valence-electron chi connectivity index (χ3n) is 3.39. The summed E-state index contributed by atoms with van der Waals surface area (Å²) in [4.78, 5) is 0. The Morgan fingerprint density at radius 2 is 1.89 bits per heavy atom. The number of hydrogen-bond acceptors (Lipinski definition) is 2. The number of rotatable bonds is 8. The Labute approximate surface area is 117 Å². The molecule has 19 heavy (non-hydrogen) atoms. The summed E-state index contributed by atoms with van der Waals surface area (Å²) in [5.41, 5.74) is 4.12. The van der Waals surface area contributed by atoms with Crippen molar-refractivity contribution in [3.05, 3.63) is 47.5 Å². The third kappa shape index (κ3) is 5.58. The van der Waals surface area contributed by atoms with E-state index in [1.165, 1.54) is 16.7 Å². The van der Waals surface area contributed by atoms with Gasteiger partial charge in [0.05, 0.1) is 6.61 Å². The Hall–Kier alpha value is -1.12. The zero-order chi connectivity index (χ0) is 14.3. The second-order valence-electron chi connectivity index (χ2n) is 5.70. The summed E-state index contributed by atoms with van der Waals surface area (Å²) in [6.45, 7) is 13.1. The van der Waals surface area contributed by atoms with E-state index in [2.05, 4.69) is 56.9 Å². The highest BCUT2D eigenvalue weighted by Crippen LogP contribution is 2.24. The lowest BCUT2D eigenvalue weighted by atomic mass is 9.83. The van der Waals surface area contributed by atoms with Crippen LogP contribution in [0.2, 0.25) is 0 Å². The second kappa shape index (κ2) is 7.46. The van der Waals surface area contributed by atoms with Crippen LogP contribution in [0, 0.1) is 19.3 Å². The van der Waals surface area contributed by atoms with Crippen molar-refractivity contribution in [2.24, 2.45) is 5.41 Å². The molecule has 0 saturated carbocycles. The van der Waals surface area contributed by atoms with Crippen molar-refractivity contribution in [3.8, 4) is 0 Å². The van der Waals surface area contributed by atoms with Gasteiger partial charge in [0.2, 0.25) is 0 Å². The van der Waals surface area contributed by atoms with E-state index >= 15 is 0 Å². The fraction of sp³-hybridized carbons (Fsp3) is 0.529. The van der Waals surface area contributed by atoms with Crippen molar-refractivity contribution in [1.82, 2.24) is 5.32 Å².